The van der Waals surface area contributed by atoms with Crippen LogP contribution in [-0.2, 0) is 9.53 Å². The Hall–Kier alpha value is -2.90. The fraction of sp³-hybridized carbons (Fsp3) is 0.421. The molecule has 0 radical (unpaired) electrons. The first-order valence-electron chi connectivity index (χ1n) is 8.64. The van der Waals surface area contributed by atoms with Crippen molar-refractivity contribution >= 4 is 22.8 Å². The van der Waals surface area contributed by atoms with Crippen LogP contribution in [0.4, 0.5) is 9.18 Å². The Morgan fingerprint density at radius 2 is 2.00 bits per heavy atom. The third-order valence-electron chi connectivity index (χ3n) is 4.21. The van der Waals surface area contributed by atoms with E-state index < -0.39 is 29.7 Å². The molecule has 2 N–H and O–H groups in total. The van der Waals surface area contributed by atoms with Gasteiger partial charge in [0.25, 0.3) is 0 Å². The summed E-state index contributed by atoms with van der Waals surface area (Å²) in [4.78, 5) is 29.6. The van der Waals surface area contributed by atoms with Crippen LogP contribution in [0.25, 0.3) is 10.8 Å². The van der Waals surface area contributed by atoms with Crippen LogP contribution in [0.15, 0.2) is 30.5 Å². The molecule has 1 aliphatic heterocycles. The summed E-state index contributed by atoms with van der Waals surface area (Å²) in [6, 6.07) is 5.35. The van der Waals surface area contributed by atoms with E-state index >= 15 is 0 Å². The number of halogens is 1. The van der Waals surface area contributed by atoms with Gasteiger partial charge in [-0.05, 0) is 39.0 Å². The molecule has 1 aromatic heterocycles. The van der Waals surface area contributed by atoms with E-state index in [1.54, 1.807) is 39.0 Å². The second-order valence-corrected chi connectivity index (χ2v) is 7.48. The number of carbonyl (C=O) groups is 2. The average molecular weight is 375 g/mol. The molecular formula is C19H22FN3O4. The summed E-state index contributed by atoms with van der Waals surface area (Å²) < 4.78 is 25.2. The van der Waals surface area contributed by atoms with Gasteiger partial charge in [0.1, 0.15) is 23.6 Å². The number of nitrogens with zero attached hydrogens (tertiary/aromatic N) is 2. The maximum absolute atomic E-state index is 14.0. The fourth-order valence-electron chi connectivity index (χ4n) is 3.07. The van der Waals surface area contributed by atoms with Gasteiger partial charge in [0.2, 0.25) is 11.8 Å². The molecule has 144 valence electrons. The van der Waals surface area contributed by atoms with Crippen LogP contribution in [0.1, 0.15) is 27.2 Å². The minimum Gasteiger partial charge on any atom is -0.472 e. The Bertz CT molecular complexity index is 881. The lowest BCUT2D eigenvalue weighted by Gasteiger charge is -2.27. The van der Waals surface area contributed by atoms with E-state index in [0.717, 1.165) is 0 Å². The summed E-state index contributed by atoms with van der Waals surface area (Å²) in [5, 5.41) is 0.903. The molecule has 2 atom stereocenters. The van der Waals surface area contributed by atoms with E-state index in [1.165, 1.54) is 17.2 Å². The highest BCUT2D eigenvalue weighted by Crippen LogP contribution is 2.29. The monoisotopic (exact) mass is 375 g/mol. The van der Waals surface area contributed by atoms with Crippen molar-refractivity contribution in [1.82, 2.24) is 9.88 Å². The smallest absolute Gasteiger partial charge is 0.411 e. The molecule has 1 aromatic carbocycles. The van der Waals surface area contributed by atoms with Crippen molar-refractivity contribution in [3.63, 3.8) is 0 Å². The number of amides is 2. The van der Waals surface area contributed by atoms with Crippen molar-refractivity contribution in [3.05, 3.63) is 36.3 Å². The Morgan fingerprint density at radius 3 is 2.67 bits per heavy atom. The van der Waals surface area contributed by atoms with Crippen LogP contribution in [0.2, 0.25) is 0 Å². The quantitative estimate of drug-likeness (QED) is 0.890. The molecular weight excluding hydrogens is 353 g/mol. The van der Waals surface area contributed by atoms with Gasteiger partial charge in [-0.1, -0.05) is 6.07 Å². The number of fused-ring (bicyclic) bond motifs is 1. The number of ether oxygens (including phenoxy) is 2. The van der Waals surface area contributed by atoms with Crippen molar-refractivity contribution < 1.29 is 23.5 Å². The Kier molecular flexibility index (Phi) is 4.91. The van der Waals surface area contributed by atoms with Gasteiger partial charge in [0, 0.05) is 23.4 Å². The Balaban J connectivity index is 1.82. The van der Waals surface area contributed by atoms with E-state index in [4.69, 9.17) is 15.2 Å². The highest BCUT2D eigenvalue weighted by molar-refractivity contribution is 5.87. The van der Waals surface area contributed by atoms with Gasteiger partial charge in [-0.2, -0.15) is 0 Å². The summed E-state index contributed by atoms with van der Waals surface area (Å²) in [5.74, 6) is -0.772. The van der Waals surface area contributed by atoms with E-state index in [9.17, 15) is 14.0 Å². The van der Waals surface area contributed by atoms with Crippen molar-refractivity contribution in [1.29, 1.82) is 0 Å². The standard InChI is InChI=1S/C19H22FN3O4/c1-19(2,3)27-18(25)23-10-11(9-15(23)16(21)24)26-17-13-5-4-6-14(20)12(13)7-8-22-17/h4-8,11,15H,9-10H2,1-3H3,(H2,21,24)/t11-,15?/m1/s1. The number of rotatable bonds is 3. The Morgan fingerprint density at radius 1 is 1.26 bits per heavy atom. The highest BCUT2D eigenvalue weighted by Gasteiger charge is 2.42. The fourth-order valence-corrected chi connectivity index (χ4v) is 3.07. The number of nitrogens with two attached hydrogens (primary N) is 1. The third-order valence-corrected chi connectivity index (χ3v) is 4.21. The number of hydrogen-bond donors (Lipinski definition) is 1. The first-order chi connectivity index (χ1) is 12.7. The maximum atomic E-state index is 14.0. The zero-order chi connectivity index (χ0) is 19.8. The van der Waals surface area contributed by atoms with Crippen molar-refractivity contribution in [3.8, 4) is 5.88 Å². The van der Waals surface area contributed by atoms with E-state index in [-0.39, 0.29) is 24.7 Å². The molecule has 2 heterocycles. The number of pyridine rings is 1. The van der Waals surface area contributed by atoms with Crippen LogP contribution in [0.3, 0.4) is 0 Å². The summed E-state index contributed by atoms with van der Waals surface area (Å²) >= 11 is 0. The predicted molar refractivity (Wildman–Crippen MR) is 96.7 cm³/mol. The van der Waals surface area contributed by atoms with Crippen LogP contribution in [-0.4, -0.2) is 46.2 Å². The van der Waals surface area contributed by atoms with Crippen LogP contribution in [0, 0.1) is 5.82 Å². The number of carbonyl (C=O) groups excluding carboxylic acids is 2. The molecule has 27 heavy (non-hydrogen) atoms. The van der Waals surface area contributed by atoms with Gasteiger partial charge < -0.3 is 15.2 Å². The first kappa shape index (κ1) is 18.9. The van der Waals surface area contributed by atoms with Crippen LogP contribution in [0.5, 0.6) is 5.88 Å². The van der Waals surface area contributed by atoms with E-state index in [2.05, 4.69) is 4.98 Å². The lowest BCUT2D eigenvalue weighted by Crippen LogP contribution is -2.45. The molecule has 1 saturated heterocycles. The third kappa shape index (κ3) is 4.10. The van der Waals surface area contributed by atoms with Crippen molar-refractivity contribution in [2.45, 2.75) is 44.9 Å². The molecule has 1 fully saturated rings. The number of hydrogen-bond acceptors (Lipinski definition) is 5. The highest BCUT2D eigenvalue weighted by atomic mass is 19.1. The average Bonchev–Trinajstić information content (AvgIpc) is 2.99. The minimum atomic E-state index is -0.837. The summed E-state index contributed by atoms with van der Waals surface area (Å²) in [6.45, 7) is 5.34. The molecule has 0 saturated carbocycles. The lowest BCUT2D eigenvalue weighted by molar-refractivity contribution is -0.122. The number of benzene rings is 1. The molecule has 3 rings (SSSR count). The molecule has 1 aliphatic rings. The second kappa shape index (κ2) is 7.02. The Labute approximate surface area is 156 Å². The van der Waals surface area contributed by atoms with Gasteiger partial charge in [-0.15, -0.1) is 0 Å². The van der Waals surface area contributed by atoms with Gasteiger partial charge >= 0.3 is 6.09 Å². The molecule has 8 heteroatoms. The zero-order valence-electron chi connectivity index (χ0n) is 15.4. The number of likely N-dealkylation sites (tertiary alicyclic amines) is 1. The number of aromatic nitrogens is 1. The van der Waals surface area contributed by atoms with Crippen LogP contribution < -0.4 is 10.5 Å². The molecule has 1 unspecified atom stereocenters. The normalized spacial score (nSPS) is 19.9. The van der Waals surface area contributed by atoms with E-state index in [1.807, 2.05) is 0 Å². The summed E-state index contributed by atoms with van der Waals surface area (Å²) in [6.07, 6.45) is 0.514. The SMILES string of the molecule is CC(C)(C)OC(=O)N1C[C@H](Oc2nccc3c(F)cccc23)CC1C(N)=O. The minimum absolute atomic E-state index is 0.121. The first-order valence-corrected chi connectivity index (χ1v) is 8.64. The largest absolute Gasteiger partial charge is 0.472 e. The molecule has 2 aromatic rings. The molecule has 0 spiro atoms. The summed E-state index contributed by atoms with van der Waals surface area (Å²) in [7, 11) is 0. The second-order valence-electron chi connectivity index (χ2n) is 7.48. The molecule has 2 amide bonds. The summed E-state index contributed by atoms with van der Waals surface area (Å²) in [5.41, 5.74) is 4.75. The number of primary amides is 1. The van der Waals surface area contributed by atoms with Crippen molar-refractivity contribution in [2.75, 3.05) is 6.54 Å². The van der Waals surface area contributed by atoms with Gasteiger partial charge in [-0.3, -0.25) is 9.69 Å². The van der Waals surface area contributed by atoms with Gasteiger partial charge in [0.15, 0.2) is 0 Å². The molecule has 0 bridgehead atoms. The van der Waals surface area contributed by atoms with Crippen molar-refractivity contribution in [2.24, 2.45) is 5.73 Å². The van der Waals surface area contributed by atoms with E-state index in [0.29, 0.717) is 10.8 Å². The lowest BCUT2D eigenvalue weighted by atomic mass is 10.1. The van der Waals surface area contributed by atoms with Gasteiger partial charge in [0.05, 0.1) is 6.54 Å². The maximum Gasteiger partial charge on any atom is 0.411 e. The zero-order valence-corrected chi connectivity index (χ0v) is 15.4. The van der Waals surface area contributed by atoms with Gasteiger partial charge in [-0.25, -0.2) is 14.2 Å². The topological polar surface area (TPSA) is 94.8 Å². The predicted octanol–water partition coefficient (Wildman–Crippen LogP) is 2.62. The molecule has 0 aliphatic carbocycles. The molecule has 7 nitrogen and oxygen atoms in total. The van der Waals surface area contributed by atoms with Crippen LogP contribution >= 0.6 is 0 Å².